The molecule has 0 aromatic rings. The molecule has 0 saturated heterocycles. The molecule has 0 aliphatic carbocycles. The Balaban J connectivity index is 0. The standard InChI is InChI=1S/C12H26O.C4H11N/c1-2-3-4-5-6-7-8-9-10-11-12-13;1-3-4(2)5/h13H,2-12H2,1H3;4H,3,5H2,1-2H3. The molecule has 112 valence electrons. The van der Waals surface area contributed by atoms with Crippen LogP contribution in [0.15, 0.2) is 0 Å². The van der Waals surface area contributed by atoms with E-state index >= 15 is 0 Å². The third-order valence-electron chi connectivity index (χ3n) is 3.16. The van der Waals surface area contributed by atoms with Crippen molar-refractivity contribution in [1.29, 1.82) is 0 Å². The molecule has 1 unspecified atom stereocenters. The first-order valence-electron chi connectivity index (χ1n) is 8.05. The molecule has 2 heteroatoms. The molecule has 0 aromatic heterocycles. The van der Waals surface area contributed by atoms with Crippen LogP contribution < -0.4 is 5.73 Å². The Morgan fingerprint density at radius 2 is 1.11 bits per heavy atom. The summed E-state index contributed by atoms with van der Waals surface area (Å²) in [6, 6.07) is 0.384. The van der Waals surface area contributed by atoms with Crippen molar-refractivity contribution >= 4 is 0 Å². The second-order valence-corrected chi connectivity index (χ2v) is 5.29. The van der Waals surface area contributed by atoms with E-state index in [2.05, 4.69) is 13.8 Å². The van der Waals surface area contributed by atoms with Gasteiger partial charge in [-0.25, -0.2) is 0 Å². The van der Waals surface area contributed by atoms with Crippen molar-refractivity contribution in [2.75, 3.05) is 6.61 Å². The van der Waals surface area contributed by atoms with Crippen LogP contribution in [0.2, 0.25) is 0 Å². The molecule has 0 fully saturated rings. The summed E-state index contributed by atoms with van der Waals surface area (Å²) in [7, 11) is 0. The first-order valence-corrected chi connectivity index (χ1v) is 8.05. The van der Waals surface area contributed by atoms with Gasteiger partial charge in [0.15, 0.2) is 0 Å². The highest BCUT2D eigenvalue weighted by Crippen LogP contribution is 2.09. The van der Waals surface area contributed by atoms with Crippen molar-refractivity contribution in [1.82, 2.24) is 0 Å². The van der Waals surface area contributed by atoms with E-state index in [0.717, 1.165) is 12.8 Å². The molecule has 0 heterocycles. The molecule has 0 saturated carbocycles. The molecule has 0 spiro atoms. The van der Waals surface area contributed by atoms with E-state index < -0.39 is 0 Å². The molecule has 0 rings (SSSR count). The quantitative estimate of drug-likeness (QED) is 0.531. The number of rotatable bonds is 11. The molecule has 1 atom stereocenters. The zero-order chi connectivity index (χ0) is 14.1. The SMILES string of the molecule is CCC(C)N.CCCCCCCCCCCCO. The lowest BCUT2D eigenvalue weighted by Gasteiger charge is -2.00. The molecule has 2 nitrogen and oxygen atoms in total. The predicted molar refractivity (Wildman–Crippen MR) is 82.9 cm³/mol. The van der Waals surface area contributed by atoms with Gasteiger partial charge in [-0.15, -0.1) is 0 Å². The highest BCUT2D eigenvalue weighted by Gasteiger charge is 1.91. The van der Waals surface area contributed by atoms with Crippen LogP contribution in [0.3, 0.4) is 0 Å². The van der Waals surface area contributed by atoms with Gasteiger partial charge in [0, 0.05) is 12.6 Å². The molecule has 0 amide bonds. The van der Waals surface area contributed by atoms with Gasteiger partial charge in [-0.3, -0.25) is 0 Å². The van der Waals surface area contributed by atoms with Crippen LogP contribution in [0.4, 0.5) is 0 Å². The number of aliphatic hydroxyl groups excluding tert-OH is 1. The first-order chi connectivity index (χ1) is 8.68. The van der Waals surface area contributed by atoms with Crippen LogP contribution in [-0.4, -0.2) is 17.8 Å². The molecular formula is C16H37NO. The minimum Gasteiger partial charge on any atom is -0.396 e. The minimum atomic E-state index is 0.372. The van der Waals surface area contributed by atoms with Gasteiger partial charge < -0.3 is 10.8 Å². The smallest absolute Gasteiger partial charge is 0.0431 e. The summed E-state index contributed by atoms with van der Waals surface area (Å²) in [5.74, 6) is 0. The van der Waals surface area contributed by atoms with E-state index in [9.17, 15) is 0 Å². The number of hydrogen-bond donors (Lipinski definition) is 2. The molecule has 0 aliphatic rings. The van der Waals surface area contributed by atoms with Gasteiger partial charge in [-0.05, 0) is 19.8 Å². The Bertz CT molecular complexity index is 116. The van der Waals surface area contributed by atoms with Crippen LogP contribution in [0.25, 0.3) is 0 Å². The molecule has 18 heavy (non-hydrogen) atoms. The monoisotopic (exact) mass is 259 g/mol. The van der Waals surface area contributed by atoms with E-state index in [1.807, 2.05) is 6.92 Å². The molecule has 0 bridgehead atoms. The van der Waals surface area contributed by atoms with Crippen LogP contribution in [-0.2, 0) is 0 Å². The maximum atomic E-state index is 8.57. The lowest BCUT2D eigenvalue weighted by atomic mass is 10.1. The van der Waals surface area contributed by atoms with Crippen LogP contribution in [0.5, 0.6) is 0 Å². The van der Waals surface area contributed by atoms with Crippen molar-refractivity contribution in [2.24, 2.45) is 5.73 Å². The molecule has 3 N–H and O–H groups in total. The zero-order valence-electron chi connectivity index (χ0n) is 13.1. The lowest BCUT2D eigenvalue weighted by molar-refractivity contribution is 0.282. The van der Waals surface area contributed by atoms with Gasteiger partial charge in [0.05, 0.1) is 0 Å². The van der Waals surface area contributed by atoms with Crippen molar-refractivity contribution in [2.45, 2.75) is 97.4 Å². The summed E-state index contributed by atoms with van der Waals surface area (Å²) in [5, 5.41) is 8.57. The Kier molecular flexibility index (Phi) is 21.7. The Hall–Kier alpha value is -0.0800. The normalized spacial score (nSPS) is 11.8. The Morgan fingerprint density at radius 3 is 1.39 bits per heavy atom. The van der Waals surface area contributed by atoms with Crippen LogP contribution in [0.1, 0.15) is 91.4 Å². The van der Waals surface area contributed by atoms with Gasteiger partial charge in [0.25, 0.3) is 0 Å². The summed E-state index contributed by atoms with van der Waals surface area (Å²) in [4.78, 5) is 0. The maximum absolute atomic E-state index is 8.57. The Morgan fingerprint density at radius 1 is 0.778 bits per heavy atom. The molecule has 0 aromatic carbocycles. The summed E-state index contributed by atoms with van der Waals surface area (Å²) in [5.41, 5.74) is 5.29. The summed E-state index contributed by atoms with van der Waals surface area (Å²) < 4.78 is 0. The van der Waals surface area contributed by atoms with Gasteiger partial charge in [-0.1, -0.05) is 71.6 Å². The fourth-order valence-electron chi connectivity index (χ4n) is 1.60. The first kappa shape index (κ1) is 20.2. The largest absolute Gasteiger partial charge is 0.396 e. The summed E-state index contributed by atoms with van der Waals surface area (Å²) >= 11 is 0. The summed E-state index contributed by atoms with van der Waals surface area (Å²) in [6.07, 6.45) is 14.4. The number of hydrogen-bond acceptors (Lipinski definition) is 2. The Labute approximate surface area is 115 Å². The zero-order valence-corrected chi connectivity index (χ0v) is 13.1. The fraction of sp³-hybridized carbons (Fsp3) is 1.00. The third-order valence-corrected chi connectivity index (χ3v) is 3.16. The fourth-order valence-corrected chi connectivity index (χ4v) is 1.60. The third kappa shape index (κ3) is 24.9. The molecule has 0 radical (unpaired) electrons. The topological polar surface area (TPSA) is 46.2 Å². The molecule has 0 aliphatic heterocycles. The summed E-state index contributed by atoms with van der Waals surface area (Å²) in [6.45, 7) is 6.70. The predicted octanol–water partition coefficient (Wildman–Crippen LogP) is 4.64. The van der Waals surface area contributed by atoms with E-state index in [1.165, 1.54) is 57.8 Å². The van der Waals surface area contributed by atoms with Crippen molar-refractivity contribution in [3.8, 4) is 0 Å². The van der Waals surface area contributed by atoms with Gasteiger partial charge in [0.1, 0.15) is 0 Å². The average Bonchev–Trinajstić information content (AvgIpc) is 2.37. The van der Waals surface area contributed by atoms with E-state index in [0.29, 0.717) is 12.6 Å². The average molecular weight is 259 g/mol. The second-order valence-electron chi connectivity index (χ2n) is 5.29. The van der Waals surface area contributed by atoms with Gasteiger partial charge >= 0.3 is 0 Å². The van der Waals surface area contributed by atoms with Crippen molar-refractivity contribution < 1.29 is 5.11 Å². The van der Waals surface area contributed by atoms with Gasteiger partial charge in [0.2, 0.25) is 0 Å². The molecular weight excluding hydrogens is 222 g/mol. The van der Waals surface area contributed by atoms with Gasteiger partial charge in [-0.2, -0.15) is 0 Å². The number of aliphatic hydroxyl groups is 1. The van der Waals surface area contributed by atoms with Crippen LogP contribution in [0, 0.1) is 0 Å². The highest BCUT2D eigenvalue weighted by atomic mass is 16.2. The van der Waals surface area contributed by atoms with E-state index in [4.69, 9.17) is 10.8 Å². The van der Waals surface area contributed by atoms with Crippen molar-refractivity contribution in [3.63, 3.8) is 0 Å². The number of unbranched alkanes of at least 4 members (excludes halogenated alkanes) is 9. The maximum Gasteiger partial charge on any atom is 0.0431 e. The van der Waals surface area contributed by atoms with E-state index in [1.54, 1.807) is 0 Å². The van der Waals surface area contributed by atoms with Crippen molar-refractivity contribution in [3.05, 3.63) is 0 Å². The highest BCUT2D eigenvalue weighted by molar-refractivity contribution is 4.46. The second kappa shape index (κ2) is 19.3. The minimum absolute atomic E-state index is 0.372. The van der Waals surface area contributed by atoms with Crippen LogP contribution >= 0.6 is 0 Å². The van der Waals surface area contributed by atoms with E-state index in [-0.39, 0.29) is 0 Å². The number of nitrogens with two attached hydrogens (primary N) is 1. The lowest BCUT2D eigenvalue weighted by Crippen LogP contribution is -2.11.